The van der Waals surface area contributed by atoms with Crippen LogP contribution in [-0.4, -0.2) is 35.4 Å². The molecule has 2 rings (SSSR count). The van der Waals surface area contributed by atoms with Crippen LogP contribution in [0.15, 0.2) is 48.8 Å². The maximum atomic E-state index is 12.8. The molecule has 0 bridgehead atoms. The van der Waals surface area contributed by atoms with Crippen molar-refractivity contribution < 1.29 is 4.79 Å². The molecule has 0 aliphatic rings. The van der Waals surface area contributed by atoms with Gasteiger partial charge in [-0.15, -0.1) is 0 Å². The van der Waals surface area contributed by atoms with Crippen molar-refractivity contribution in [3.8, 4) is 0 Å². The number of carbonyl (C=O) groups excluding carboxylic acids is 1. The predicted octanol–water partition coefficient (Wildman–Crippen LogP) is 4.37. The topological polar surface area (TPSA) is 36.4 Å². The maximum Gasteiger partial charge on any atom is 0.255 e. The Morgan fingerprint density at radius 3 is 2.28 bits per heavy atom. The van der Waals surface area contributed by atoms with Gasteiger partial charge in [0.05, 0.1) is 17.4 Å². The predicted molar refractivity (Wildman–Crippen MR) is 104 cm³/mol. The van der Waals surface area contributed by atoms with Gasteiger partial charge in [0.2, 0.25) is 0 Å². The highest BCUT2D eigenvalue weighted by Crippen LogP contribution is 2.18. The summed E-state index contributed by atoms with van der Waals surface area (Å²) in [4.78, 5) is 21.3. The molecule has 0 unspecified atom stereocenters. The average molecular weight is 339 g/mol. The molecule has 0 spiro atoms. The van der Waals surface area contributed by atoms with E-state index in [1.54, 1.807) is 6.20 Å². The van der Waals surface area contributed by atoms with E-state index in [1.807, 2.05) is 23.2 Å². The first-order valence-corrected chi connectivity index (χ1v) is 9.22. The van der Waals surface area contributed by atoms with Crippen LogP contribution >= 0.6 is 0 Å². The van der Waals surface area contributed by atoms with E-state index in [0.717, 1.165) is 44.7 Å². The highest BCUT2D eigenvalue weighted by molar-refractivity contribution is 5.94. The minimum atomic E-state index is 0.0776. The molecular weight excluding hydrogens is 310 g/mol. The number of nitrogens with zero attached hydrogens (tertiary/aromatic N) is 3. The van der Waals surface area contributed by atoms with E-state index in [1.165, 1.54) is 5.56 Å². The first-order chi connectivity index (χ1) is 12.2. The molecule has 134 valence electrons. The second-order valence-corrected chi connectivity index (χ2v) is 6.22. The third-order valence-electron chi connectivity index (χ3n) is 4.21. The van der Waals surface area contributed by atoms with E-state index in [0.29, 0.717) is 5.56 Å². The van der Waals surface area contributed by atoms with Crippen LogP contribution in [0.25, 0.3) is 0 Å². The summed E-state index contributed by atoms with van der Waals surface area (Å²) >= 11 is 0. The fourth-order valence-electron chi connectivity index (χ4n) is 2.94. The summed E-state index contributed by atoms with van der Waals surface area (Å²) in [6.45, 7) is 9.58. The maximum absolute atomic E-state index is 12.8. The van der Waals surface area contributed by atoms with Crippen LogP contribution < -0.4 is 4.90 Å². The Kier molecular flexibility index (Phi) is 7.45. The van der Waals surface area contributed by atoms with E-state index in [-0.39, 0.29) is 5.91 Å². The smallest absolute Gasteiger partial charge is 0.255 e. The summed E-state index contributed by atoms with van der Waals surface area (Å²) in [6, 6.07) is 12.3. The highest BCUT2D eigenvalue weighted by atomic mass is 16.2. The zero-order valence-corrected chi connectivity index (χ0v) is 15.6. The molecule has 1 amide bonds. The van der Waals surface area contributed by atoms with Crippen LogP contribution in [0.4, 0.5) is 5.69 Å². The Morgan fingerprint density at radius 1 is 1.00 bits per heavy atom. The van der Waals surface area contributed by atoms with Crippen molar-refractivity contribution in [3.63, 3.8) is 0 Å². The van der Waals surface area contributed by atoms with Gasteiger partial charge < -0.3 is 9.80 Å². The fourth-order valence-corrected chi connectivity index (χ4v) is 2.94. The molecule has 4 nitrogen and oxygen atoms in total. The first-order valence-electron chi connectivity index (χ1n) is 9.22. The summed E-state index contributed by atoms with van der Waals surface area (Å²) in [5.74, 6) is 0.0776. The van der Waals surface area contributed by atoms with Gasteiger partial charge in [-0.25, -0.2) is 0 Å². The van der Waals surface area contributed by atoms with Crippen LogP contribution in [0.1, 0.15) is 49.5 Å². The minimum Gasteiger partial charge on any atom is -0.366 e. The molecular formula is C21H29N3O. The molecule has 4 heteroatoms. The summed E-state index contributed by atoms with van der Waals surface area (Å²) in [7, 11) is 0. The van der Waals surface area contributed by atoms with Gasteiger partial charge in [-0.3, -0.25) is 9.78 Å². The summed E-state index contributed by atoms with van der Waals surface area (Å²) in [6.07, 6.45) is 5.45. The summed E-state index contributed by atoms with van der Waals surface area (Å²) in [5, 5.41) is 0. The number of benzene rings is 1. The normalized spacial score (nSPS) is 10.5. The van der Waals surface area contributed by atoms with Crippen LogP contribution in [0.5, 0.6) is 0 Å². The molecule has 0 fully saturated rings. The van der Waals surface area contributed by atoms with Gasteiger partial charge in [0.1, 0.15) is 0 Å². The van der Waals surface area contributed by atoms with Gasteiger partial charge in [-0.1, -0.05) is 44.2 Å². The van der Waals surface area contributed by atoms with Crippen molar-refractivity contribution in [2.45, 2.75) is 40.2 Å². The number of aromatic nitrogens is 1. The third-order valence-corrected chi connectivity index (χ3v) is 4.21. The Balaban J connectivity index is 2.19. The van der Waals surface area contributed by atoms with E-state index < -0.39 is 0 Å². The minimum absolute atomic E-state index is 0.0776. The van der Waals surface area contributed by atoms with E-state index in [9.17, 15) is 4.79 Å². The molecule has 0 atom stereocenters. The Labute approximate surface area is 151 Å². The molecule has 2 aromatic rings. The second-order valence-electron chi connectivity index (χ2n) is 6.22. The SMILES string of the molecule is CCCN(CCC)C(=O)c1cncc(N(CC)Cc2ccccc2)c1. The van der Waals surface area contributed by atoms with Crippen LogP contribution in [0, 0.1) is 0 Å². The lowest BCUT2D eigenvalue weighted by Crippen LogP contribution is -2.32. The number of anilines is 1. The Bertz CT molecular complexity index is 651. The lowest BCUT2D eigenvalue weighted by Gasteiger charge is -2.25. The van der Waals surface area contributed by atoms with Gasteiger partial charge in [0.15, 0.2) is 0 Å². The largest absolute Gasteiger partial charge is 0.366 e. The van der Waals surface area contributed by atoms with Crippen LogP contribution in [0.3, 0.4) is 0 Å². The van der Waals surface area contributed by atoms with E-state index >= 15 is 0 Å². The molecule has 0 saturated carbocycles. The van der Waals surface area contributed by atoms with Crippen molar-refractivity contribution in [2.75, 3.05) is 24.5 Å². The number of hydrogen-bond acceptors (Lipinski definition) is 3. The van der Waals surface area contributed by atoms with Crippen molar-refractivity contribution in [2.24, 2.45) is 0 Å². The zero-order chi connectivity index (χ0) is 18.1. The van der Waals surface area contributed by atoms with Crippen molar-refractivity contribution >= 4 is 11.6 Å². The summed E-state index contributed by atoms with van der Waals surface area (Å²) in [5.41, 5.74) is 2.91. The standard InChI is InChI=1S/C21H29N3O/c1-4-12-24(13-5-2)21(25)19-14-20(16-22-15-19)23(6-3)17-18-10-8-7-9-11-18/h7-11,14-16H,4-6,12-13,17H2,1-3H3. The number of hydrogen-bond donors (Lipinski definition) is 0. The van der Waals surface area contributed by atoms with Crippen LogP contribution in [0.2, 0.25) is 0 Å². The number of pyridine rings is 1. The molecule has 0 saturated heterocycles. The molecule has 1 aromatic carbocycles. The van der Waals surface area contributed by atoms with E-state index in [2.05, 4.69) is 54.9 Å². The van der Waals surface area contributed by atoms with Crippen molar-refractivity contribution in [1.82, 2.24) is 9.88 Å². The van der Waals surface area contributed by atoms with Gasteiger partial charge in [-0.2, -0.15) is 0 Å². The lowest BCUT2D eigenvalue weighted by molar-refractivity contribution is 0.0755. The average Bonchev–Trinajstić information content (AvgIpc) is 2.66. The fraction of sp³-hybridized carbons (Fsp3) is 0.429. The van der Waals surface area contributed by atoms with Crippen molar-refractivity contribution in [1.29, 1.82) is 0 Å². The number of carbonyl (C=O) groups is 1. The molecule has 0 aliphatic carbocycles. The van der Waals surface area contributed by atoms with Gasteiger partial charge in [0.25, 0.3) is 5.91 Å². The highest BCUT2D eigenvalue weighted by Gasteiger charge is 2.16. The van der Waals surface area contributed by atoms with Crippen molar-refractivity contribution in [3.05, 3.63) is 59.9 Å². The number of amides is 1. The lowest BCUT2D eigenvalue weighted by atomic mass is 10.1. The quantitative estimate of drug-likeness (QED) is 0.680. The first kappa shape index (κ1) is 19.0. The monoisotopic (exact) mass is 339 g/mol. The number of rotatable bonds is 9. The Morgan fingerprint density at radius 2 is 1.68 bits per heavy atom. The zero-order valence-electron chi connectivity index (χ0n) is 15.6. The molecule has 1 aromatic heterocycles. The second kappa shape index (κ2) is 9.82. The van der Waals surface area contributed by atoms with Crippen LogP contribution in [-0.2, 0) is 6.54 Å². The molecule has 25 heavy (non-hydrogen) atoms. The molecule has 0 aliphatic heterocycles. The molecule has 0 radical (unpaired) electrons. The van der Waals surface area contributed by atoms with Gasteiger partial charge in [-0.05, 0) is 31.4 Å². The third kappa shape index (κ3) is 5.31. The van der Waals surface area contributed by atoms with E-state index in [4.69, 9.17) is 0 Å². The molecule has 0 N–H and O–H groups in total. The Hall–Kier alpha value is -2.36. The molecule has 1 heterocycles. The van der Waals surface area contributed by atoms with Gasteiger partial charge in [0, 0.05) is 32.4 Å². The summed E-state index contributed by atoms with van der Waals surface area (Å²) < 4.78 is 0. The van der Waals surface area contributed by atoms with Gasteiger partial charge >= 0.3 is 0 Å².